The maximum absolute atomic E-state index is 10.6. The number of carboxylic acid groups (broad SMARTS) is 1. The van der Waals surface area contributed by atoms with E-state index in [1.807, 2.05) is 24.3 Å². The number of aliphatic carboxylic acids is 1. The van der Waals surface area contributed by atoms with E-state index in [4.69, 9.17) is 9.84 Å². The Balaban J connectivity index is 1.68. The van der Waals surface area contributed by atoms with Gasteiger partial charge in [0.25, 0.3) is 0 Å². The van der Waals surface area contributed by atoms with Gasteiger partial charge in [0.1, 0.15) is 11.9 Å². The quantitative estimate of drug-likeness (QED) is 0.901. The Morgan fingerprint density at radius 3 is 2.68 bits per heavy atom. The lowest BCUT2D eigenvalue weighted by Crippen LogP contribution is -2.15. The molecule has 3 nitrogen and oxygen atoms in total. The molecule has 0 aromatic heterocycles. The number of aryl methyl sites for hydroxylation is 2. The van der Waals surface area contributed by atoms with Crippen LogP contribution in [0.25, 0.3) is 0 Å². The number of hydrogen-bond acceptors (Lipinski definition) is 2. The van der Waals surface area contributed by atoms with Crippen LogP contribution in [-0.2, 0) is 17.6 Å². The van der Waals surface area contributed by atoms with Crippen molar-refractivity contribution in [2.24, 2.45) is 0 Å². The maximum atomic E-state index is 10.6. The Morgan fingerprint density at radius 1 is 1.14 bits per heavy atom. The molecule has 22 heavy (non-hydrogen) atoms. The van der Waals surface area contributed by atoms with Crippen molar-refractivity contribution < 1.29 is 14.6 Å². The first-order valence-corrected chi connectivity index (χ1v) is 7.77. The summed E-state index contributed by atoms with van der Waals surface area (Å²) in [6, 6.07) is 16.3. The van der Waals surface area contributed by atoms with Crippen LogP contribution in [0.1, 0.15) is 42.1 Å². The summed E-state index contributed by atoms with van der Waals surface area (Å²) in [4.78, 5) is 10.6. The first-order valence-electron chi connectivity index (χ1n) is 7.77. The minimum atomic E-state index is -0.765. The highest BCUT2D eigenvalue weighted by Crippen LogP contribution is 2.33. The summed E-state index contributed by atoms with van der Waals surface area (Å²) in [6.45, 7) is 0. The van der Waals surface area contributed by atoms with Gasteiger partial charge in [0.05, 0.1) is 0 Å². The SMILES string of the molecule is O=C(O)CCc1ccc(OC2CCCc3ccccc32)cc1. The second-order valence-electron chi connectivity index (χ2n) is 5.74. The van der Waals surface area contributed by atoms with Crippen LogP contribution in [-0.4, -0.2) is 11.1 Å². The van der Waals surface area contributed by atoms with E-state index in [2.05, 4.69) is 24.3 Å². The van der Waals surface area contributed by atoms with Crippen molar-refractivity contribution in [2.45, 2.75) is 38.2 Å². The lowest BCUT2D eigenvalue weighted by molar-refractivity contribution is -0.136. The molecule has 0 saturated carbocycles. The van der Waals surface area contributed by atoms with Crippen LogP contribution in [0.4, 0.5) is 0 Å². The summed E-state index contributed by atoms with van der Waals surface area (Å²) < 4.78 is 6.15. The largest absolute Gasteiger partial charge is 0.486 e. The van der Waals surface area contributed by atoms with Crippen molar-refractivity contribution in [3.05, 3.63) is 65.2 Å². The summed E-state index contributed by atoms with van der Waals surface area (Å²) >= 11 is 0. The molecular formula is C19H20O3. The van der Waals surface area contributed by atoms with Crippen molar-refractivity contribution in [2.75, 3.05) is 0 Å². The lowest BCUT2D eigenvalue weighted by Gasteiger charge is -2.26. The van der Waals surface area contributed by atoms with E-state index < -0.39 is 5.97 Å². The van der Waals surface area contributed by atoms with Gasteiger partial charge in [-0.25, -0.2) is 0 Å². The van der Waals surface area contributed by atoms with Crippen LogP contribution in [0.15, 0.2) is 48.5 Å². The number of carbonyl (C=O) groups is 1. The molecule has 2 aromatic carbocycles. The average molecular weight is 296 g/mol. The normalized spacial score (nSPS) is 16.8. The summed E-state index contributed by atoms with van der Waals surface area (Å²) in [5, 5.41) is 8.71. The van der Waals surface area contributed by atoms with Crippen LogP contribution in [0.2, 0.25) is 0 Å². The number of rotatable bonds is 5. The molecule has 0 amide bonds. The second kappa shape index (κ2) is 6.65. The molecule has 3 rings (SSSR count). The number of ether oxygens (including phenoxy) is 1. The highest BCUT2D eigenvalue weighted by Gasteiger charge is 2.21. The second-order valence-corrected chi connectivity index (χ2v) is 5.74. The number of fused-ring (bicyclic) bond motifs is 1. The van der Waals surface area contributed by atoms with Gasteiger partial charge in [-0.3, -0.25) is 4.79 Å². The molecule has 0 aliphatic heterocycles. The highest BCUT2D eigenvalue weighted by atomic mass is 16.5. The smallest absolute Gasteiger partial charge is 0.303 e. The Kier molecular flexibility index (Phi) is 4.42. The van der Waals surface area contributed by atoms with Gasteiger partial charge < -0.3 is 9.84 Å². The van der Waals surface area contributed by atoms with Gasteiger partial charge >= 0.3 is 5.97 Å². The van der Waals surface area contributed by atoms with E-state index in [1.54, 1.807) is 0 Å². The van der Waals surface area contributed by atoms with Gasteiger partial charge in [-0.15, -0.1) is 0 Å². The van der Waals surface area contributed by atoms with E-state index in [1.165, 1.54) is 11.1 Å². The third-order valence-corrected chi connectivity index (χ3v) is 4.14. The van der Waals surface area contributed by atoms with Crippen molar-refractivity contribution >= 4 is 5.97 Å². The molecule has 1 N–H and O–H groups in total. The zero-order chi connectivity index (χ0) is 15.4. The minimum Gasteiger partial charge on any atom is -0.486 e. The van der Waals surface area contributed by atoms with Crippen molar-refractivity contribution in [3.8, 4) is 5.75 Å². The molecule has 0 heterocycles. The molecule has 0 radical (unpaired) electrons. The van der Waals surface area contributed by atoms with Crippen LogP contribution in [0.3, 0.4) is 0 Å². The minimum absolute atomic E-state index is 0.120. The van der Waals surface area contributed by atoms with Gasteiger partial charge in [-0.1, -0.05) is 36.4 Å². The third kappa shape index (κ3) is 3.48. The van der Waals surface area contributed by atoms with E-state index >= 15 is 0 Å². The Morgan fingerprint density at radius 2 is 1.91 bits per heavy atom. The Bertz CT molecular complexity index is 646. The van der Waals surface area contributed by atoms with Crippen molar-refractivity contribution in [3.63, 3.8) is 0 Å². The zero-order valence-corrected chi connectivity index (χ0v) is 12.5. The average Bonchev–Trinajstić information content (AvgIpc) is 2.54. The number of carboxylic acids is 1. The molecule has 0 fully saturated rings. The fourth-order valence-electron chi connectivity index (χ4n) is 2.98. The van der Waals surface area contributed by atoms with Crippen LogP contribution in [0, 0.1) is 0 Å². The van der Waals surface area contributed by atoms with Crippen molar-refractivity contribution in [1.82, 2.24) is 0 Å². The summed E-state index contributed by atoms with van der Waals surface area (Å²) in [6.07, 6.45) is 4.16. The zero-order valence-electron chi connectivity index (χ0n) is 12.5. The Hall–Kier alpha value is -2.29. The first-order chi connectivity index (χ1) is 10.7. The standard InChI is InChI=1S/C19H20O3/c20-19(21)13-10-14-8-11-16(12-9-14)22-18-7-3-5-15-4-1-2-6-17(15)18/h1-2,4,6,8-9,11-12,18H,3,5,7,10,13H2,(H,20,21). The van der Waals surface area contributed by atoms with E-state index in [0.717, 1.165) is 30.6 Å². The molecule has 0 saturated heterocycles. The summed E-state index contributed by atoms with van der Waals surface area (Å²) in [5.74, 6) is 0.0833. The summed E-state index contributed by atoms with van der Waals surface area (Å²) in [5.41, 5.74) is 3.71. The Labute approximate surface area is 130 Å². The molecule has 1 unspecified atom stereocenters. The molecule has 114 valence electrons. The highest BCUT2D eigenvalue weighted by molar-refractivity contribution is 5.67. The fraction of sp³-hybridized carbons (Fsp3) is 0.316. The number of benzene rings is 2. The van der Waals surface area contributed by atoms with Gasteiger partial charge in [0, 0.05) is 6.42 Å². The molecule has 0 bridgehead atoms. The molecular weight excluding hydrogens is 276 g/mol. The van der Waals surface area contributed by atoms with Crippen LogP contribution >= 0.6 is 0 Å². The molecule has 0 spiro atoms. The van der Waals surface area contributed by atoms with Crippen LogP contribution < -0.4 is 4.74 Å². The lowest BCUT2D eigenvalue weighted by atomic mass is 9.89. The number of hydrogen-bond donors (Lipinski definition) is 1. The van der Waals surface area contributed by atoms with E-state index in [9.17, 15) is 4.79 Å². The molecule has 1 aliphatic rings. The van der Waals surface area contributed by atoms with Gasteiger partial charge in [-0.05, 0) is 54.5 Å². The predicted molar refractivity (Wildman–Crippen MR) is 85.1 cm³/mol. The predicted octanol–water partition coefficient (Wildman–Crippen LogP) is 4.16. The van der Waals surface area contributed by atoms with Gasteiger partial charge in [0.15, 0.2) is 0 Å². The topological polar surface area (TPSA) is 46.5 Å². The molecule has 3 heteroatoms. The maximum Gasteiger partial charge on any atom is 0.303 e. The third-order valence-electron chi connectivity index (χ3n) is 4.14. The molecule has 1 aliphatic carbocycles. The van der Waals surface area contributed by atoms with Gasteiger partial charge in [-0.2, -0.15) is 0 Å². The summed E-state index contributed by atoms with van der Waals surface area (Å²) in [7, 11) is 0. The molecule has 1 atom stereocenters. The van der Waals surface area contributed by atoms with E-state index in [-0.39, 0.29) is 12.5 Å². The fourth-order valence-corrected chi connectivity index (χ4v) is 2.98. The monoisotopic (exact) mass is 296 g/mol. The van der Waals surface area contributed by atoms with E-state index in [0.29, 0.717) is 6.42 Å². The van der Waals surface area contributed by atoms with Gasteiger partial charge in [0.2, 0.25) is 0 Å². The molecule has 2 aromatic rings. The van der Waals surface area contributed by atoms with Crippen molar-refractivity contribution in [1.29, 1.82) is 0 Å². The first kappa shape index (κ1) is 14.6. The van der Waals surface area contributed by atoms with Crippen LogP contribution in [0.5, 0.6) is 5.75 Å².